The Morgan fingerprint density at radius 1 is 0.635 bits per heavy atom. The number of imide groups is 1. The molecule has 10 N–H and O–H groups in total. The predicted molar refractivity (Wildman–Crippen MR) is 394 cm³/mol. The van der Waals surface area contributed by atoms with Crippen LogP contribution in [0.25, 0.3) is 0 Å². The summed E-state index contributed by atoms with van der Waals surface area (Å²) >= 11 is 0. The smallest absolute Gasteiger partial charge is 0.411 e. The number of nitrogens with zero attached hydrogens (tertiary/aromatic N) is 3. The fourth-order valence-corrected chi connectivity index (χ4v) is 13.3. The zero-order valence-corrected chi connectivity index (χ0v) is 61.5. The van der Waals surface area contributed by atoms with E-state index in [-0.39, 0.29) is 153 Å². The number of aliphatic hydroxyl groups is 2. The summed E-state index contributed by atoms with van der Waals surface area (Å²) < 4.78 is 35.2. The number of likely N-dealkylation sites (tertiary alicyclic amines) is 2. The lowest BCUT2D eigenvalue weighted by molar-refractivity contribution is -0.137. The average Bonchev–Trinajstić information content (AvgIpc) is 1.33. The third-order valence-corrected chi connectivity index (χ3v) is 20.2. The number of amides is 11. The summed E-state index contributed by atoms with van der Waals surface area (Å²) in [6, 6.07) is 15.9. The number of urea groups is 1. The van der Waals surface area contributed by atoms with Crippen molar-refractivity contribution in [2.45, 2.75) is 152 Å². The highest BCUT2D eigenvalue weighted by molar-refractivity contribution is 8.77. The lowest BCUT2D eigenvalue weighted by atomic mass is 10.0. The Balaban J connectivity index is 0.954. The standard InChI is InChI=1S/C74H96N10O18S2/c1-45(2)66(81-63(87)18-12-10-13-30-82-64(88)27-28-65(82)89)68(91)78-56(17-16-29-76-71(75)94)67(90)77-50-23-19-48(20-24-50)43-101-72(95)79-57-37-61(59(97-8)35-54(57)69(92)83-39-46(3)33-51(83)41-85)99-31-14-11-15-32-100-62-38-58(55(36-60(62)98-9)70(93)84-40-47(4)34-52(84)42-86)80-73(96)102-44-49-21-25-53(26-22-49)103-104-74(5,6)7/h19-28,35-38,45,51-52,56,66,85-86H,3-4,10-18,29-34,39-44H2,1-2,5-9H3,(H,77,90)(H,78,91)(H,79,95)(H,80,96)(H,81,87)(H3,75,76,94)/t51-,52-,56-,66-/m0/s1. The number of unbranched alkanes of at least 4 members (excludes halogenated alkanes) is 4. The van der Waals surface area contributed by atoms with E-state index in [1.54, 1.807) is 59.7 Å². The highest BCUT2D eigenvalue weighted by atomic mass is 33.1. The number of hydrogen-bond donors (Lipinski definition) is 9. The topological polar surface area (TPSA) is 374 Å². The molecule has 2 saturated heterocycles. The SMILES string of the molecule is C=C1C[C@@H](CO)N(C(=O)c2cc(OC)c(OCCCCCOc3cc(NC(=O)OCc4ccc(SSC(C)(C)C)cc4)c(C(=O)N4CC(=C)C[C@H]4CO)cc3OC)cc2NC(=O)OCc2ccc(NC(=O)[C@H](CCCNC(N)=O)NC(=O)[C@@H](NC(=O)CCCCCN3C(=O)C=CC3=O)C(C)C)cc2)C1. The van der Waals surface area contributed by atoms with Crippen molar-refractivity contribution in [1.82, 2.24) is 30.7 Å². The molecule has 0 unspecified atom stereocenters. The summed E-state index contributed by atoms with van der Waals surface area (Å²) in [7, 11) is 6.23. The van der Waals surface area contributed by atoms with Gasteiger partial charge in [-0.15, -0.1) is 0 Å². The number of aliphatic hydroxyl groups excluding tert-OH is 2. The Hall–Kier alpha value is -9.78. The number of rotatable bonds is 38. The quantitative estimate of drug-likeness (QED) is 0.00872. The molecule has 4 atom stereocenters. The van der Waals surface area contributed by atoms with Crippen LogP contribution in [0, 0.1) is 5.92 Å². The van der Waals surface area contributed by atoms with Gasteiger partial charge in [-0.2, -0.15) is 0 Å². The van der Waals surface area contributed by atoms with Gasteiger partial charge in [-0.1, -0.05) is 111 Å². The largest absolute Gasteiger partial charge is 0.493 e. The normalized spacial score (nSPS) is 15.5. The predicted octanol–water partition coefficient (Wildman–Crippen LogP) is 9.39. The number of carbonyl (C=O) groups excluding carboxylic acids is 10. The van der Waals surface area contributed by atoms with Gasteiger partial charge >= 0.3 is 18.2 Å². The van der Waals surface area contributed by atoms with Crippen LogP contribution in [0.15, 0.2) is 114 Å². The minimum atomic E-state index is -1.13. The molecule has 4 aromatic rings. The van der Waals surface area contributed by atoms with Crippen molar-refractivity contribution in [3.05, 3.63) is 132 Å². The second-order valence-corrected chi connectivity index (χ2v) is 29.6. The summed E-state index contributed by atoms with van der Waals surface area (Å²) in [6.07, 6.45) is 4.90. The minimum absolute atomic E-state index is 0.0140. The molecule has 3 aliphatic rings. The Bertz CT molecular complexity index is 3750. The van der Waals surface area contributed by atoms with E-state index < -0.39 is 71.9 Å². The summed E-state index contributed by atoms with van der Waals surface area (Å²) in [5.74, 6) is -2.94. The average molecular weight is 1480 g/mol. The van der Waals surface area contributed by atoms with Crippen LogP contribution in [0.3, 0.4) is 0 Å². The van der Waals surface area contributed by atoms with E-state index in [0.29, 0.717) is 62.6 Å². The van der Waals surface area contributed by atoms with Crippen molar-refractivity contribution < 1.29 is 86.6 Å². The van der Waals surface area contributed by atoms with Gasteiger partial charge in [0.05, 0.1) is 75.2 Å². The zero-order valence-electron chi connectivity index (χ0n) is 59.9. The van der Waals surface area contributed by atoms with Gasteiger partial charge in [0.1, 0.15) is 25.3 Å². The molecule has 0 radical (unpaired) electrons. The number of nitrogens with two attached hydrogens (primary N) is 1. The Morgan fingerprint density at radius 2 is 1.13 bits per heavy atom. The van der Waals surface area contributed by atoms with E-state index in [4.69, 9.17) is 34.2 Å². The van der Waals surface area contributed by atoms with Crippen molar-refractivity contribution >= 4 is 98.2 Å². The first-order chi connectivity index (χ1) is 49.7. The molecule has 0 aromatic heterocycles. The number of methoxy groups -OCH3 is 2. The number of benzene rings is 4. The lowest BCUT2D eigenvalue weighted by Gasteiger charge is -2.25. The molecular formula is C74H96N10O18S2. The number of primary amides is 1. The molecule has 3 heterocycles. The summed E-state index contributed by atoms with van der Waals surface area (Å²) in [5.41, 5.74) is 8.54. The maximum Gasteiger partial charge on any atom is 0.411 e. The van der Waals surface area contributed by atoms with E-state index in [0.717, 1.165) is 26.5 Å². The third-order valence-electron chi connectivity index (χ3n) is 16.8. The van der Waals surface area contributed by atoms with E-state index in [9.17, 15) is 58.2 Å². The van der Waals surface area contributed by atoms with Crippen molar-refractivity contribution in [2.75, 3.05) is 82.8 Å². The van der Waals surface area contributed by atoms with E-state index in [1.807, 2.05) is 24.3 Å². The maximum absolute atomic E-state index is 14.3. The molecule has 11 amide bonds. The molecule has 30 heteroatoms. The highest BCUT2D eigenvalue weighted by Crippen LogP contribution is 2.41. The maximum atomic E-state index is 14.3. The van der Waals surface area contributed by atoms with Gasteiger partial charge in [0.15, 0.2) is 23.0 Å². The second-order valence-electron chi connectivity index (χ2n) is 26.6. The molecule has 4 aromatic carbocycles. The minimum Gasteiger partial charge on any atom is -0.493 e. The molecule has 7 rings (SSSR count). The number of ether oxygens (including phenoxy) is 6. The Morgan fingerprint density at radius 3 is 1.61 bits per heavy atom. The number of anilines is 3. The van der Waals surface area contributed by atoms with Crippen LogP contribution < -0.4 is 56.6 Å². The molecule has 0 saturated carbocycles. The van der Waals surface area contributed by atoms with Crippen LogP contribution in [-0.4, -0.2) is 180 Å². The monoisotopic (exact) mass is 1480 g/mol. The van der Waals surface area contributed by atoms with Gasteiger partial charge in [-0.3, -0.25) is 49.1 Å². The van der Waals surface area contributed by atoms with E-state index in [2.05, 4.69) is 65.8 Å². The highest BCUT2D eigenvalue weighted by Gasteiger charge is 2.36. The van der Waals surface area contributed by atoms with Gasteiger partial charge in [-0.05, 0) is 111 Å². The molecule has 28 nitrogen and oxygen atoms in total. The molecule has 562 valence electrons. The summed E-state index contributed by atoms with van der Waals surface area (Å²) in [5, 5.41) is 36.6. The lowest BCUT2D eigenvalue weighted by Crippen LogP contribution is -2.54. The fourth-order valence-electron chi connectivity index (χ4n) is 11.4. The van der Waals surface area contributed by atoms with Gasteiger partial charge < -0.3 is 75.4 Å². The Kier molecular flexibility index (Phi) is 31.2. The number of hydrogen-bond acceptors (Lipinski definition) is 20. The molecule has 0 spiro atoms. The molecular weight excluding hydrogens is 1380 g/mol. The Labute approximate surface area is 613 Å². The molecule has 104 heavy (non-hydrogen) atoms. The number of nitrogens with one attached hydrogen (secondary N) is 6. The molecule has 2 fully saturated rings. The molecule has 0 bridgehead atoms. The van der Waals surface area contributed by atoms with Crippen LogP contribution in [0.2, 0.25) is 0 Å². The first-order valence-corrected chi connectivity index (χ1v) is 36.6. The van der Waals surface area contributed by atoms with Crippen molar-refractivity contribution in [1.29, 1.82) is 0 Å². The van der Waals surface area contributed by atoms with Gasteiger partial charge in [-0.25, -0.2) is 14.4 Å². The molecule has 3 aliphatic heterocycles. The van der Waals surface area contributed by atoms with Crippen LogP contribution in [-0.2, 0) is 46.7 Å². The van der Waals surface area contributed by atoms with Crippen LogP contribution >= 0.6 is 21.6 Å². The summed E-state index contributed by atoms with van der Waals surface area (Å²) in [4.78, 5) is 137. The van der Waals surface area contributed by atoms with E-state index >= 15 is 0 Å². The van der Waals surface area contributed by atoms with Crippen LogP contribution in [0.5, 0.6) is 23.0 Å². The van der Waals surface area contributed by atoms with Gasteiger partial charge in [0.2, 0.25) is 17.7 Å². The van der Waals surface area contributed by atoms with Crippen LogP contribution in [0.1, 0.15) is 137 Å². The molecule has 0 aliphatic carbocycles. The van der Waals surface area contributed by atoms with E-state index in [1.165, 1.54) is 60.4 Å². The second kappa shape index (κ2) is 39.8. The van der Waals surface area contributed by atoms with Gasteiger partial charge in [0, 0.05) is 72.2 Å². The third kappa shape index (κ3) is 24.7. The zero-order chi connectivity index (χ0) is 75.6. The van der Waals surface area contributed by atoms with Gasteiger partial charge in [0.25, 0.3) is 23.6 Å². The summed E-state index contributed by atoms with van der Waals surface area (Å²) in [6.45, 7) is 18.0. The first kappa shape index (κ1) is 81.5. The van der Waals surface area contributed by atoms with Crippen molar-refractivity contribution in [3.8, 4) is 23.0 Å². The number of carbonyl (C=O) groups is 10. The fraction of sp³-hybridized carbons (Fsp3) is 0.459. The van der Waals surface area contributed by atoms with Crippen molar-refractivity contribution in [3.63, 3.8) is 0 Å². The first-order valence-electron chi connectivity index (χ1n) is 34.4. The van der Waals surface area contributed by atoms with Crippen LogP contribution in [0.4, 0.5) is 31.4 Å². The van der Waals surface area contributed by atoms with Crippen molar-refractivity contribution in [2.24, 2.45) is 11.7 Å².